The first-order valence-corrected chi connectivity index (χ1v) is 10.1. The number of rotatable bonds is 8. The van der Waals surface area contributed by atoms with Gasteiger partial charge in [-0.3, -0.25) is 9.78 Å². The van der Waals surface area contributed by atoms with Crippen molar-refractivity contribution < 1.29 is 24.2 Å². The Balaban J connectivity index is 1.84. The van der Waals surface area contributed by atoms with Gasteiger partial charge in [0.2, 0.25) is 0 Å². The van der Waals surface area contributed by atoms with Gasteiger partial charge in [0.1, 0.15) is 6.04 Å². The van der Waals surface area contributed by atoms with E-state index in [0.717, 1.165) is 16.8 Å². The lowest BCUT2D eigenvalue weighted by atomic mass is 10.0. The number of carbonyl (C=O) groups is 2. The van der Waals surface area contributed by atoms with E-state index in [0.29, 0.717) is 37.5 Å². The number of nitrogens with zero attached hydrogens (tertiary/aromatic N) is 3. The Hall–Kier alpha value is -3.62. The van der Waals surface area contributed by atoms with Crippen LogP contribution < -0.4 is 14.8 Å². The van der Waals surface area contributed by atoms with Crippen LogP contribution in [0.4, 0.5) is 4.79 Å². The number of hydrogen-bond donors (Lipinski definition) is 2. The third-order valence-electron chi connectivity index (χ3n) is 4.83. The van der Waals surface area contributed by atoms with Crippen LogP contribution in [0.25, 0.3) is 0 Å². The summed E-state index contributed by atoms with van der Waals surface area (Å²) < 4.78 is 11.0. The first-order chi connectivity index (χ1) is 15.0. The minimum atomic E-state index is -1.26. The molecule has 3 rings (SSSR count). The van der Waals surface area contributed by atoms with Gasteiger partial charge in [0.15, 0.2) is 11.5 Å². The first-order valence-electron chi connectivity index (χ1n) is 10.1. The SMILES string of the molecule is CCOc1cc(C2=NN(C(=O)[C@@H](Cc3cccnc3)NC(=O)O)CCC2)ccc1OC. The third-order valence-corrected chi connectivity index (χ3v) is 4.83. The molecule has 0 saturated carbocycles. The monoisotopic (exact) mass is 426 g/mol. The summed E-state index contributed by atoms with van der Waals surface area (Å²) in [5.41, 5.74) is 2.32. The van der Waals surface area contributed by atoms with Crippen molar-refractivity contribution in [2.45, 2.75) is 32.2 Å². The van der Waals surface area contributed by atoms with Crippen molar-refractivity contribution in [3.8, 4) is 11.5 Å². The molecule has 9 nitrogen and oxygen atoms in total. The average Bonchev–Trinajstić information content (AvgIpc) is 2.79. The fourth-order valence-electron chi connectivity index (χ4n) is 3.41. The molecule has 0 spiro atoms. The lowest BCUT2D eigenvalue weighted by molar-refractivity contribution is -0.133. The summed E-state index contributed by atoms with van der Waals surface area (Å²) in [4.78, 5) is 28.4. The molecule has 1 aliphatic rings. The average molecular weight is 426 g/mol. The van der Waals surface area contributed by atoms with Gasteiger partial charge in [0.25, 0.3) is 5.91 Å². The van der Waals surface area contributed by atoms with E-state index in [1.807, 2.05) is 19.1 Å². The lowest BCUT2D eigenvalue weighted by Crippen LogP contribution is -2.49. The van der Waals surface area contributed by atoms with Crippen molar-refractivity contribution in [1.29, 1.82) is 0 Å². The van der Waals surface area contributed by atoms with E-state index >= 15 is 0 Å². The Morgan fingerprint density at radius 1 is 1.29 bits per heavy atom. The fourth-order valence-corrected chi connectivity index (χ4v) is 3.41. The van der Waals surface area contributed by atoms with Crippen LogP contribution in [0, 0.1) is 0 Å². The summed E-state index contributed by atoms with van der Waals surface area (Å²) in [6, 6.07) is 8.11. The van der Waals surface area contributed by atoms with E-state index in [1.54, 1.807) is 37.7 Å². The molecule has 0 fully saturated rings. The van der Waals surface area contributed by atoms with E-state index in [4.69, 9.17) is 9.47 Å². The number of hydrogen-bond acceptors (Lipinski definition) is 6. The smallest absolute Gasteiger partial charge is 0.405 e. The maximum Gasteiger partial charge on any atom is 0.405 e. The number of carbonyl (C=O) groups excluding carboxylic acids is 1. The quantitative estimate of drug-likeness (QED) is 0.671. The van der Waals surface area contributed by atoms with Gasteiger partial charge in [-0.15, -0.1) is 0 Å². The molecular formula is C22H26N4O5. The Morgan fingerprint density at radius 2 is 2.13 bits per heavy atom. The Morgan fingerprint density at radius 3 is 2.81 bits per heavy atom. The van der Waals surface area contributed by atoms with Gasteiger partial charge in [-0.2, -0.15) is 5.10 Å². The van der Waals surface area contributed by atoms with Gasteiger partial charge in [0.05, 0.1) is 19.4 Å². The number of methoxy groups -OCH3 is 1. The van der Waals surface area contributed by atoms with Crippen molar-refractivity contribution in [2.24, 2.45) is 5.10 Å². The molecule has 1 atom stereocenters. The molecule has 0 unspecified atom stereocenters. The number of nitrogens with one attached hydrogen (secondary N) is 1. The van der Waals surface area contributed by atoms with Gasteiger partial charge >= 0.3 is 6.09 Å². The fraction of sp³-hybridized carbons (Fsp3) is 0.364. The standard InChI is InChI=1S/C22H26N4O5/c1-3-31-20-13-16(8-9-19(20)30-2)17-7-5-11-26(25-17)21(27)18(24-22(28)29)12-15-6-4-10-23-14-15/h4,6,8-10,13-14,18,24H,3,5,7,11-12H2,1-2H3,(H,28,29)/t18-/m1/s1. The molecule has 31 heavy (non-hydrogen) atoms. The van der Waals surface area contributed by atoms with E-state index in [1.165, 1.54) is 5.01 Å². The van der Waals surface area contributed by atoms with E-state index in [-0.39, 0.29) is 6.42 Å². The summed E-state index contributed by atoms with van der Waals surface area (Å²) in [6.45, 7) is 2.80. The normalized spacial score (nSPS) is 14.4. The van der Waals surface area contributed by atoms with Gasteiger partial charge in [0, 0.05) is 30.9 Å². The lowest BCUT2D eigenvalue weighted by Gasteiger charge is -2.27. The topological polar surface area (TPSA) is 113 Å². The summed E-state index contributed by atoms with van der Waals surface area (Å²) in [6.07, 6.45) is 3.57. The highest BCUT2D eigenvalue weighted by Crippen LogP contribution is 2.29. The molecule has 0 aliphatic carbocycles. The van der Waals surface area contributed by atoms with Crippen LogP contribution in [0.1, 0.15) is 30.9 Å². The summed E-state index contributed by atoms with van der Waals surface area (Å²) in [7, 11) is 1.58. The molecular weight excluding hydrogens is 400 g/mol. The molecule has 0 radical (unpaired) electrons. The van der Waals surface area contributed by atoms with Crippen LogP contribution in [-0.2, 0) is 11.2 Å². The zero-order valence-electron chi connectivity index (χ0n) is 17.6. The number of benzene rings is 1. The molecule has 2 heterocycles. The summed E-state index contributed by atoms with van der Waals surface area (Å²) >= 11 is 0. The Labute approximate surface area is 180 Å². The van der Waals surface area contributed by atoms with E-state index in [9.17, 15) is 14.7 Å². The Bertz CT molecular complexity index is 948. The predicted octanol–water partition coefficient (Wildman–Crippen LogP) is 2.69. The van der Waals surface area contributed by atoms with Crippen molar-refractivity contribution in [1.82, 2.24) is 15.3 Å². The molecule has 1 aromatic carbocycles. The highest BCUT2D eigenvalue weighted by Gasteiger charge is 2.28. The van der Waals surface area contributed by atoms with Crippen LogP contribution >= 0.6 is 0 Å². The van der Waals surface area contributed by atoms with Gasteiger partial charge in [-0.1, -0.05) is 6.07 Å². The largest absolute Gasteiger partial charge is 0.493 e. The molecule has 2 N–H and O–H groups in total. The summed E-state index contributed by atoms with van der Waals surface area (Å²) in [5.74, 6) is 0.828. The van der Waals surface area contributed by atoms with Crippen LogP contribution in [0.15, 0.2) is 47.8 Å². The zero-order valence-corrected chi connectivity index (χ0v) is 17.6. The molecule has 0 saturated heterocycles. The molecule has 2 amide bonds. The minimum absolute atomic E-state index is 0.192. The number of carboxylic acid groups (broad SMARTS) is 1. The molecule has 164 valence electrons. The molecule has 0 bridgehead atoms. The molecule has 2 aromatic rings. The molecule has 1 aliphatic heterocycles. The minimum Gasteiger partial charge on any atom is -0.493 e. The Kier molecular flexibility index (Phi) is 7.42. The first kappa shape index (κ1) is 22.1. The second-order valence-corrected chi connectivity index (χ2v) is 6.98. The second kappa shape index (κ2) is 10.4. The van der Waals surface area contributed by atoms with E-state index in [2.05, 4.69) is 15.4 Å². The van der Waals surface area contributed by atoms with Crippen LogP contribution in [-0.4, -0.2) is 59.1 Å². The van der Waals surface area contributed by atoms with Crippen molar-refractivity contribution in [3.05, 3.63) is 53.9 Å². The van der Waals surface area contributed by atoms with Crippen molar-refractivity contribution in [2.75, 3.05) is 20.3 Å². The predicted molar refractivity (Wildman–Crippen MR) is 115 cm³/mol. The van der Waals surface area contributed by atoms with Crippen LogP contribution in [0.3, 0.4) is 0 Å². The molecule has 1 aromatic heterocycles. The van der Waals surface area contributed by atoms with Crippen LogP contribution in [0.2, 0.25) is 0 Å². The zero-order chi connectivity index (χ0) is 22.2. The highest BCUT2D eigenvalue weighted by atomic mass is 16.5. The van der Waals surface area contributed by atoms with Gasteiger partial charge in [-0.05, 0) is 49.6 Å². The number of pyridine rings is 1. The maximum absolute atomic E-state index is 13.1. The highest BCUT2D eigenvalue weighted by molar-refractivity contribution is 6.02. The maximum atomic E-state index is 13.1. The molecule has 9 heteroatoms. The van der Waals surface area contributed by atoms with Gasteiger partial charge in [-0.25, -0.2) is 9.80 Å². The number of amides is 2. The number of hydrazone groups is 1. The number of aromatic nitrogens is 1. The van der Waals surface area contributed by atoms with Gasteiger partial charge < -0.3 is 19.9 Å². The van der Waals surface area contributed by atoms with E-state index < -0.39 is 18.0 Å². The van der Waals surface area contributed by atoms with Crippen molar-refractivity contribution in [3.63, 3.8) is 0 Å². The second-order valence-electron chi connectivity index (χ2n) is 6.98. The van der Waals surface area contributed by atoms with Crippen LogP contribution in [0.5, 0.6) is 11.5 Å². The van der Waals surface area contributed by atoms with Crippen molar-refractivity contribution >= 4 is 17.7 Å². The summed E-state index contributed by atoms with van der Waals surface area (Å²) in [5, 5.41) is 17.4. The number of ether oxygens (including phenoxy) is 2. The third kappa shape index (κ3) is 5.71.